The maximum absolute atomic E-state index is 12.1. The number of hydrogen-bond donors (Lipinski definition) is 4. The Bertz CT molecular complexity index is 607. The molecule has 0 aliphatic rings. The highest BCUT2D eigenvalue weighted by atomic mass is 35.5. The predicted molar refractivity (Wildman–Crippen MR) is 107 cm³/mol. The van der Waals surface area contributed by atoms with Gasteiger partial charge in [0, 0.05) is 6.54 Å². The van der Waals surface area contributed by atoms with Crippen LogP contribution in [0.15, 0.2) is 4.99 Å². The highest BCUT2D eigenvalue weighted by Gasteiger charge is 2.16. The van der Waals surface area contributed by atoms with E-state index in [0.717, 1.165) is 12.8 Å². The number of amides is 1. The topological polar surface area (TPSA) is 145 Å². The number of nitrogens with one attached hydrogen (secondary N) is 1. The highest BCUT2D eigenvalue weighted by Crippen LogP contribution is 2.17. The number of hydrogen-bond acceptors (Lipinski definition) is 6. The number of carbonyl (C=O) groups excluding carboxylic acids is 1. The first-order valence-electron chi connectivity index (χ1n) is 9.15. The van der Waals surface area contributed by atoms with Crippen molar-refractivity contribution in [1.29, 1.82) is 0 Å². The van der Waals surface area contributed by atoms with Gasteiger partial charge >= 0.3 is 0 Å². The molecule has 26 heavy (non-hydrogen) atoms. The summed E-state index contributed by atoms with van der Waals surface area (Å²) in [6.07, 6.45) is 11.1. The maximum atomic E-state index is 12.1. The Morgan fingerprint density at radius 3 is 2.19 bits per heavy atom. The van der Waals surface area contributed by atoms with E-state index in [1.165, 1.54) is 44.9 Å². The van der Waals surface area contributed by atoms with Crippen LogP contribution < -0.4 is 22.5 Å². The predicted octanol–water partition coefficient (Wildman–Crippen LogP) is 2.87. The van der Waals surface area contributed by atoms with E-state index in [1.807, 2.05) is 0 Å². The van der Waals surface area contributed by atoms with Gasteiger partial charge in [0.25, 0.3) is 5.91 Å². The van der Waals surface area contributed by atoms with Crippen LogP contribution in [0, 0.1) is 0 Å². The molecule has 0 saturated heterocycles. The summed E-state index contributed by atoms with van der Waals surface area (Å²) in [5, 5.41) is 2.33. The molecule has 146 valence electrons. The Morgan fingerprint density at radius 2 is 1.58 bits per heavy atom. The fraction of sp³-hybridized carbons (Fsp3) is 0.647. The number of halogens is 1. The van der Waals surface area contributed by atoms with Gasteiger partial charge < -0.3 is 17.2 Å². The first-order valence-corrected chi connectivity index (χ1v) is 9.53. The summed E-state index contributed by atoms with van der Waals surface area (Å²) in [5.74, 6) is -0.752. The lowest BCUT2D eigenvalue weighted by molar-refractivity contribution is 0.0972. The summed E-state index contributed by atoms with van der Waals surface area (Å²) in [5.41, 5.74) is 16.7. The fourth-order valence-corrected chi connectivity index (χ4v) is 2.57. The third-order valence-electron chi connectivity index (χ3n) is 3.91. The third-order valence-corrected chi connectivity index (χ3v) is 4.18. The molecule has 0 aliphatic carbocycles. The minimum absolute atomic E-state index is 0.0173. The van der Waals surface area contributed by atoms with E-state index in [2.05, 4.69) is 27.2 Å². The molecule has 0 radical (unpaired) electrons. The molecule has 0 unspecified atom stereocenters. The monoisotopic (exact) mass is 383 g/mol. The molecule has 9 heteroatoms. The molecule has 1 heterocycles. The summed E-state index contributed by atoms with van der Waals surface area (Å²) in [6.45, 7) is 2.79. The van der Waals surface area contributed by atoms with Crippen LogP contribution in [-0.4, -0.2) is 28.4 Å². The summed E-state index contributed by atoms with van der Waals surface area (Å²) in [6, 6.07) is 0. The molecular weight excluding hydrogens is 354 g/mol. The SMILES string of the molecule is CCCCCCCCCCCN=C(N)NC(=O)c1nc(Cl)c(N)nc1N. The number of aromatic nitrogens is 2. The van der Waals surface area contributed by atoms with Crippen molar-refractivity contribution < 1.29 is 4.79 Å². The van der Waals surface area contributed by atoms with Crippen molar-refractivity contribution in [3.8, 4) is 0 Å². The van der Waals surface area contributed by atoms with Crippen LogP contribution in [0.2, 0.25) is 5.15 Å². The van der Waals surface area contributed by atoms with E-state index in [1.54, 1.807) is 0 Å². The van der Waals surface area contributed by atoms with Gasteiger partial charge in [-0.3, -0.25) is 15.1 Å². The van der Waals surface area contributed by atoms with E-state index < -0.39 is 5.91 Å². The first kappa shape index (κ1) is 22.0. The molecule has 0 saturated carbocycles. The molecule has 0 fully saturated rings. The van der Waals surface area contributed by atoms with Crippen LogP contribution >= 0.6 is 11.6 Å². The Balaban J connectivity index is 2.25. The van der Waals surface area contributed by atoms with Gasteiger partial charge in [-0.25, -0.2) is 9.97 Å². The van der Waals surface area contributed by atoms with Crippen molar-refractivity contribution in [2.45, 2.75) is 64.7 Å². The molecule has 8 nitrogen and oxygen atoms in total. The van der Waals surface area contributed by atoms with Gasteiger partial charge in [-0.2, -0.15) is 0 Å². The average Bonchev–Trinajstić information content (AvgIpc) is 2.59. The maximum Gasteiger partial charge on any atom is 0.280 e. The normalized spacial score (nSPS) is 11.5. The van der Waals surface area contributed by atoms with Crippen LogP contribution in [0.4, 0.5) is 11.6 Å². The van der Waals surface area contributed by atoms with Crippen LogP contribution in [0.1, 0.15) is 75.2 Å². The lowest BCUT2D eigenvalue weighted by atomic mass is 10.1. The zero-order valence-electron chi connectivity index (χ0n) is 15.4. The number of anilines is 2. The van der Waals surface area contributed by atoms with Crippen LogP contribution in [0.3, 0.4) is 0 Å². The second-order valence-corrected chi connectivity index (χ2v) is 6.54. The fourth-order valence-electron chi connectivity index (χ4n) is 2.45. The number of rotatable bonds is 11. The van der Waals surface area contributed by atoms with Gasteiger partial charge in [-0.15, -0.1) is 0 Å². The summed E-state index contributed by atoms with van der Waals surface area (Å²) in [7, 11) is 0. The van der Waals surface area contributed by atoms with E-state index >= 15 is 0 Å². The van der Waals surface area contributed by atoms with Crippen molar-refractivity contribution in [3.63, 3.8) is 0 Å². The molecule has 0 bridgehead atoms. The molecule has 0 aliphatic heterocycles. The molecule has 1 aromatic rings. The van der Waals surface area contributed by atoms with E-state index in [9.17, 15) is 4.79 Å². The van der Waals surface area contributed by atoms with Gasteiger partial charge in [0.1, 0.15) is 0 Å². The van der Waals surface area contributed by atoms with Gasteiger partial charge in [-0.1, -0.05) is 69.9 Å². The largest absolute Gasteiger partial charge is 0.382 e. The number of aliphatic imine (C=N–C) groups is 1. The second kappa shape index (κ2) is 12.3. The number of nitrogens with zero attached hydrogens (tertiary/aromatic N) is 3. The lowest BCUT2D eigenvalue weighted by Gasteiger charge is -2.07. The quantitative estimate of drug-likeness (QED) is 0.262. The van der Waals surface area contributed by atoms with E-state index in [0.29, 0.717) is 6.54 Å². The molecule has 0 spiro atoms. The standard InChI is InChI=1S/C17H30ClN7O/c1-2-3-4-5-6-7-8-9-10-11-22-17(21)25-16(26)12-14(19)24-15(20)13(18)23-12/h2-11H2,1H3,(H4,19,20,24)(H3,21,22,25,26). The minimum atomic E-state index is -0.620. The third kappa shape index (κ3) is 8.33. The summed E-state index contributed by atoms with van der Waals surface area (Å²) in [4.78, 5) is 23.8. The molecular formula is C17H30ClN7O. The molecule has 1 rings (SSSR count). The van der Waals surface area contributed by atoms with Crippen LogP contribution in [-0.2, 0) is 0 Å². The highest BCUT2D eigenvalue weighted by molar-refractivity contribution is 6.31. The van der Waals surface area contributed by atoms with E-state index in [-0.39, 0.29) is 28.4 Å². The zero-order valence-corrected chi connectivity index (χ0v) is 16.2. The Hall–Kier alpha value is -2.09. The summed E-state index contributed by atoms with van der Waals surface area (Å²) >= 11 is 5.75. The van der Waals surface area contributed by atoms with Gasteiger partial charge in [-0.05, 0) is 6.42 Å². The molecule has 7 N–H and O–H groups in total. The molecule has 0 atom stereocenters. The minimum Gasteiger partial charge on any atom is -0.382 e. The van der Waals surface area contributed by atoms with Crippen LogP contribution in [0.25, 0.3) is 0 Å². The molecule has 0 aromatic carbocycles. The van der Waals surface area contributed by atoms with Gasteiger partial charge in [0.15, 0.2) is 28.4 Å². The Morgan fingerprint density at radius 1 is 1.00 bits per heavy atom. The zero-order chi connectivity index (χ0) is 19.4. The second-order valence-electron chi connectivity index (χ2n) is 6.18. The Kier molecular flexibility index (Phi) is 10.4. The van der Waals surface area contributed by atoms with Crippen molar-refractivity contribution in [1.82, 2.24) is 15.3 Å². The van der Waals surface area contributed by atoms with Crippen molar-refractivity contribution in [2.75, 3.05) is 18.0 Å². The van der Waals surface area contributed by atoms with Gasteiger partial charge in [0.2, 0.25) is 0 Å². The first-order chi connectivity index (χ1) is 12.5. The smallest absolute Gasteiger partial charge is 0.280 e. The number of nitrogens with two attached hydrogens (primary N) is 3. The van der Waals surface area contributed by atoms with Crippen LogP contribution in [0.5, 0.6) is 0 Å². The molecule has 1 aromatic heterocycles. The van der Waals surface area contributed by atoms with Crippen molar-refractivity contribution in [2.24, 2.45) is 10.7 Å². The van der Waals surface area contributed by atoms with E-state index in [4.69, 9.17) is 28.8 Å². The number of guanidine groups is 1. The number of nitrogen functional groups attached to an aromatic ring is 2. The molecule has 1 amide bonds. The van der Waals surface area contributed by atoms with Gasteiger partial charge in [0.05, 0.1) is 0 Å². The van der Waals surface area contributed by atoms with Crippen molar-refractivity contribution in [3.05, 3.63) is 10.8 Å². The summed E-state index contributed by atoms with van der Waals surface area (Å²) < 4.78 is 0. The number of carbonyl (C=O) groups is 1. The average molecular weight is 384 g/mol. The Labute approximate surface area is 160 Å². The lowest BCUT2D eigenvalue weighted by Crippen LogP contribution is -2.38. The number of unbranched alkanes of at least 4 members (excludes halogenated alkanes) is 8. The van der Waals surface area contributed by atoms with Crippen molar-refractivity contribution >= 4 is 35.1 Å².